The van der Waals surface area contributed by atoms with Crippen molar-refractivity contribution in [3.8, 4) is 18.1 Å². The van der Waals surface area contributed by atoms with Crippen LogP contribution in [-0.2, 0) is 14.3 Å². The number of thioether (sulfide) groups is 1. The van der Waals surface area contributed by atoms with E-state index in [0.29, 0.717) is 5.75 Å². The Morgan fingerprint density at radius 3 is 2.60 bits per heavy atom. The minimum atomic E-state index is -0.617. The fraction of sp³-hybridized carbons (Fsp3) is 0.278. The summed E-state index contributed by atoms with van der Waals surface area (Å²) in [6.45, 7) is 3.18. The van der Waals surface area contributed by atoms with Crippen LogP contribution >= 0.6 is 11.8 Å². The zero-order valence-corrected chi connectivity index (χ0v) is 14.7. The summed E-state index contributed by atoms with van der Waals surface area (Å²) in [5.74, 6) is 1.85. The van der Waals surface area contributed by atoms with Crippen LogP contribution in [0.15, 0.2) is 29.2 Å². The molecule has 1 aromatic carbocycles. The Kier molecular flexibility index (Phi) is 6.25. The van der Waals surface area contributed by atoms with E-state index >= 15 is 0 Å². The molecule has 130 valence electrons. The van der Waals surface area contributed by atoms with Gasteiger partial charge in [-0.15, -0.1) is 6.42 Å². The molecule has 7 heteroatoms. The lowest BCUT2D eigenvalue weighted by molar-refractivity contribution is -0.149. The van der Waals surface area contributed by atoms with Gasteiger partial charge in [0.1, 0.15) is 18.9 Å². The van der Waals surface area contributed by atoms with Crippen molar-refractivity contribution in [2.45, 2.75) is 20.0 Å². The Balaban J connectivity index is 2.06. The molecule has 1 heterocycles. The van der Waals surface area contributed by atoms with E-state index in [2.05, 4.69) is 5.92 Å². The molecule has 0 aliphatic carbocycles. The number of carbonyl (C=O) groups is 3. The molecule has 0 spiro atoms. The predicted octanol–water partition coefficient (Wildman–Crippen LogP) is 2.69. The molecule has 1 aliphatic rings. The van der Waals surface area contributed by atoms with Crippen LogP contribution in [-0.4, -0.2) is 41.3 Å². The zero-order valence-electron chi connectivity index (χ0n) is 13.9. The SMILES string of the molecule is C#CCOc1ccc(/C=C2/SC(=O)N(CC(=O)OC(C)C)C2=O)cc1. The van der Waals surface area contributed by atoms with Crippen molar-refractivity contribution in [1.29, 1.82) is 0 Å². The number of terminal acetylenes is 1. The summed E-state index contributed by atoms with van der Waals surface area (Å²) in [6, 6.07) is 6.92. The number of hydrogen-bond donors (Lipinski definition) is 0. The van der Waals surface area contributed by atoms with Crippen molar-refractivity contribution in [3.63, 3.8) is 0 Å². The van der Waals surface area contributed by atoms with Gasteiger partial charge in [-0.25, -0.2) is 0 Å². The highest BCUT2D eigenvalue weighted by Gasteiger charge is 2.36. The van der Waals surface area contributed by atoms with Gasteiger partial charge < -0.3 is 9.47 Å². The highest BCUT2D eigenvalue weighted by molar-refractivity contribution is 8.18. The molecular weight excluding hydrogens is 342 g/mol. The molecule has 2 rings (SSSR count). The monoisotopic (exact) mass is 359 g/mol. The molecule has 6 nitrogen and oxygen atoms in total. The number of carbonyl (C=O) groups excluding carboxylic acids is 3. The molecule has 0 atom stereocenters. The molecule has 0 bridgehead atoms. The van der Waals surface area contributed by atoms with E-state index in [9.17, 15) is 14.4 Å². The normalized spacial score (nSPS) is 15.6. The summed E-state index contributed by atoms with van der Waals surface area (Å²) in [5, 5.41) is -0.495. The molecule has 0 saturated carbocycles. The Hall–Kier alpha value is -2.72. The van der Waals surface area contributed by atoms with Crippen molar-refractivity contribution in [1.82, 2.24) is 4.90 Å². The fourth-order valence-corrected chi connectivity index (χ4v) is 2.84. The summed E-state index contributed by atoms with van der Waals surface area (Å²) in [4.78, 5) is 37.1. The number of benzene rings is 1. The third-order valence-corrected chi connectivity index (χ3v) is 3.94. The Morgan fingerprint density at radius 1 is 1.32 bits per heavy atom. The van der Waals surface area contributed by atoms with Gasteiger partial charge >= 0.3 is 5.97 Å². The van der Waals surface area contributed by atoms with E-state index in [1.165, 1.54) is 0 Å². The van der Waals surface area contributed by atoms with E-state index < -0.39 is 17.1 Å². The second-order valence-corrected chi connectivity index (χ2v) is 6.36. The van der Waals surface area contributed by atoms with E-state index in [1.54, 1.807) is 44.2 Å². The van der Waals surface area contributed by atoms with Crippen LogP contribution in [0.5, 0.6) is 5.75 Å². The lowest BCUT2D eigenvalue weighted by atomic mass is 10.2. The van der Waals surface area contributed by atoms with Gasteiger partial charge in [-0.2, -0.15) is 0 Å². The van der Waals surface area contributed by atoms with Crippen LogP contribution < -0.4 is 4.74 Å². The van der Waals surface area contributed by atoms with Gasteiger partial charge in [0, 0.05) is 0 Å². The molecule has 1 aliphatic heterocycles. The first-order valence-electron chi connectivity index (χ1n) is 7.52. The maximum atomic E-state index is 12.3. The van der Waals surface area contributed by atoms with E-state index in [4.69, 9.17) is 15.9 Å². The molecule has 0 unspecified atom stereocenters. The van der Waals surface area contributed by atoms with Crippen LogP contribution in [0.2, 0.25) is 0 Å². The molecule has 25 heavy (non-hydrogen) atoms. The highest BCUT2D eigenvalue weighted by Crippen LogP contribution is 2.32. The lowest BCUT2D eigenvalue weighted by Gasteiger charge is -2.13. The average molecular weight is 359 g/mol. The quantitative estimate of drug-likeness (QED) is 0.442. The second-order valence-electron chi connectivity index (χ2n) is 5.37. The average Bonchev–Trinajstić information content (AvgIpc) is 2.81. The number of amides is 2. The van der Waals surface area contributed by atoms with Crippen LogP contribution in [0.1, 0.15) is 19.4 Å². The van der Waals surface area contributed by atoms with E-state index in [-0.39, 0.29) is 24.2 Å². The van der Waals surface area contributed by atoms with Gasteiger partial charge in [-0.1, -0.05) is 18.1 Å². The number of ether oxygens (including phenoxy) is 2. The van der Waals surface area contributed by atoms with E-state index in [0.717, 1.165) is 22.2 Å². The summed E-state index contributed by atoms with van der Waals surface area (Å²) in [5.41, 5.74) is 0.725. The summed E-state index contributed by atoms with van der Waals surface area (Å²) in [7, 11) is 0. The molecular formula is C18H17NO5S. The first kappa shape index (κ1) is 18.6. The van der Waals surface area contributed by atoms with Gasteiger partial charge in [-0.05, 0) is 49.4 Å². The molecule has 0 radical (unpaired) electrons. The Morgan fingerprint density at radius 2 is 2.00 bits per heavy atom. The molecule has 1 aromatic rings. The standard InChI is InChI=1S/C18H17NO5S/c1-4-9-23-14-7-5-13(6-8-14)10-15-17(21)19(18(22)25-15)11-16(20)24-12(2)3/h1,5-8,10,12H,9,11H2,2-3H3/b15-10+. The maximum absolute atomic E-state index is 12.3. The maximum Gasteiger partial charge on any atom is 0.326 e. The van der Waals surface area contributed by atoms with Crippen molar-refractivity contribution in [2.75, 3.05) is 13.2 Å². The van der Waals surface area contributed by atoms with Crippen molar-refractivity contribution in [3.05, 3.63) is 34.7 Å². The van der Waals surface area contributed by atoms with Gasteiger partial charge in [0.25, 0.3) is 11.1 Å². The molecule has 1 saturated heterocycles. The highest BCUT2D eigenvalue weighted by atomic mass is 32.2. The largest absolute Gasteiger partial charge is 0.481 e. The molecule has 0 aromatic heterocycles. The van der Waals surface area contributed by atoms with Crippen LogP contribution in [0.3, 0.4) is 0 Å². The van der Waals surface area contributed by atoms with Gasteiger partial charge in [0.05, 0.1) is 11.0 Å². The summed E-state index contributed by atoms with van der Waals surface area (Å²) < 4.78 is 10.2. The van der Waals surface area contributed by atoms with Crippen LogP contribution in [0, 0.1) is 12.3 Å². The minimum Gasteiger partial charge on any atom is -0.481 e. The first-order valence-corrected chi connectivity index (χ1v) is 8.33. The molecule has 0 N–H and O–H groups in total. The zero-order chi connectivity index (χ0) is 18.4. The lowest BCUT2D eigenvalue weighted by Crippen LogP contribution is -2.35. The predicted molar refractivity (Wildman–Crippen MR) is 94.7 cm³/mol. The van der Waals surface area contributed by atoms with Gasteiger partial charge in [0.15, 0.2) is 0 Å². The van der Waals surface area contributed by atoms with Crippen molar-refractivity contribution >= 4 is 35.0 Å². The Labute approximate surface area is 150 Å². The van der Waals surface area contributed by atoms with Gasteiger partial charge in [-0.3, -0.25) is 19.3 Å². The van der Waals surface area contributed by atoms with Crippen molar-refractivity contribution in [2.24, 2.45) is 0 Å². The minimum absolute atomic E-state index is 0.171. The van der Waals surface area contributed by atoms with E-state index in [1.807, 2.05) is 0 Å². The third kappa shape index (κ3) is 5.13. The Bertz CT molecular complexity index is 746. The number of hydrogen-bond acceptors (Lipinski definition) is 6. The fourth-order valence-electron chi connectivity index (χ4n) is 2.00. The summed E-state index contributed by atoms with van der Waals surface area (Å²) in [6.07, 6.45) is 6.40. The number of nitrogens with zero attached hydrogens (tertiary/aromatic N) is 1. The molecule has 2 amide bonds. The number of esters is 1. The third-order valence-electron chi connectivity index (χ3n) is 3.03. The number of imide groups is 1. The van der Waals surface area contributed by atoms with Crippen LogP contribution in [0.25, 0.3) is 6.08 Å². The number of rotatable bonds is 6. The van der Waals surface area contributed by atoms with Crippen LogP contribution in [0.4, 0.5) is 4.79 Å². The summed E-state index contributed by atoms with van der Waals surface area (Å²) >= 11 is 0.789. The topological polar surface area (TPSA) is 72.9 Å². The van der Waals surface area contributed by atoms with Gasteiger partial charge in [0.2, 0.25) is 0 Å². The second kappa shape index (κ2) is 8.40. The first-order chi connectivity index (χ1) is 11.9. The van der Waals surface area contributed by atoms with Crippen molar-refractivity contribution < 1.29 is 23.9 Å². The smallest absolute Gasteiger partial charge is 0.326 e. The molecule has 1 fully saturated rings.